The number of halogens is 1. The number of hydrogen-bond donors (Lipinski definition) is 2. The summed E-state index contributed by atoms with van der Waals surface area (Å²) in [6, 6.07) is 11.2. The van der Waals surface area contributed by atoms with Crippen LogP contribution in [0.4, 0.5) is 11.5 Å². The number of aromatic nitrogens is 2. The first-order valence-electron chi connectivity index (χ1n) is 10.1. The third-order valence-electron chi connectivity index (χ3n) is 5.15. The first-order chi connectivity index (χ1) is 14.6. The molecule has 4 rings (SSSR count). The van der Waals surface area contributed by atoms with Gasteiger partial charge in [0.05, 0.1) is 11.7 Å². The summed E-state index contributed by atoms with van der Waals surface area (Å²) in [5, 5.41) is 15.8. The number of carbonyl (C=O) groups excluding carboxylic acids is 2. The van der Waals surface area contributed by atoms with Gasteiger partial charge in [0.15, 0.2) is 5.82 Å². The number of nitrogens with one attached hydrogen (secondary N) is 2. The molecule has 1 aliphatic carbocycles. The molecule has 1 aromatic carbocycles. The largest absolute Gasteiger partial charge is 0.354 e. The molecule has 7 nitrogen and oxygen atoms in total. The summed E-state index contributed by atoms with van der Waals surface area (Å²) < 4.78 is 0. The summed E-state index contributed by atoms with van der Waals surface area (Å²) in [5.41, 5.74) is 0.705. The topological polar surface area (TPSA) is 87.2 Å². The van der Waals surface area contributed by atoms with Gasteiger partial charge in [0.1, 0.15) is 5.03 Å². The van der Waals surface area contributed by atoms with E-state index in [1.807, 2.05) is 12.1 Å². The van der Waals surface area contributed by atoms with Crippen LogP contribution in [0.2, 0.25) is 5.02 Å². The van der Waals surface area contributed by atoms with E-state index in [1.165, 1.54) is 11.8 Å². The molecule has 2 heterocycles. The van der Waals surface area contributed by atoms with E-state index in [1.54, 1.807) is 24.3 Å². The summed E-state index contributed by atoms with van der Waals surface area (Å²) in [4.78, 5) is 26.6. The minimum Gasteiger partial charge on any atom is -0.354 e. The summed E-state index contributed by atoms with van der Waals surface area (Å²) in [6.07, 6.45) is 4.08. The Hall–Kier alpha value is -2.32. The van der Waals surface area contributed by atoms with E-state index in [0.29, 0.717) is 28.3 Å². The third-order valence-corrected chi connectivity index (χ3v) is 6.32. The fraction of sp³-hybridized carbons (Fsp3) is 0.429. The van der Waals surface area contributed by atoms with E-state index < -0.39 is 0 Å². The average molecular weight is 446 g/mol. The molecule has 0 radical (unpaired) electrons. The van der Waals surface area contributed by atoms with Crippen molar-refractivity contribution in [3.8, 4) is 0 Å². The Kier molecular flexibility index (Phi) is 6.74. The Morgan fingerprint density at radius 2 is 1.90 bits per heavy atom. The number of benzene rings is 1. The second-order valence-electron chi connectivity index (χ2n) is 7.64. The number of carbonyl (C=O) groups is 2. The molecule has 1 saturated carbocycles. The maximum atomic E-state index is 12.4. The van der Waals surface area contributed by atoms with Crippen molar-refractivity contribution in [1.82, 2.24) is 15.5 Å². The predicted octanol–water partition coefficient (Wildman–Crippen LogP) is 3.36. The van der Waals surface area contributed by atoms with Crippen molar-refractivity contribution in [2.75, 3.05) is 29.1 Å². The first kappa shape index (κ1) is 20.9. The normalized spacial score (nSPS) is 18.7. The van der Waals surface area contributed by atoms with Crippen molar-refractivity contribution in [1.29, 1.82) is 0 Å². The monoisotopic (exact) mass is 445 g/mol. The number of amides is 2. The Labute approximate surface area is 185 Å². The van der Waals surface area contributed by atoms with Crippen molar-refractivity contribution in [2.45, 2.75) is 36.8 Å². The van der Waals surface area contributed by atoms with E-state index in [-0.39, 0.29) is 23.5 Å². The molecule has 0 spiro atoms. The quantitative estimate of drug-likeness (QED) is 0.635. The number of thioether (sulfide) groups is 1. The van der Waals surface area contributed by atoms with Crippen LogP contribution in [0.5, 0.6) is 0 Å². The molecule has 1 atom stereocenters. The number of nitrogens with zero attached hydrogens (tertiary/aromatic N) is 3. The van der Waals surface area contributed by atoms with Gasteiger partial charge in [-0.3, -0.25) is 9.59 Å². The standard InChI is InChI=1S/C21H24ClN5O2S/c22-15-3-5-16(6-4-15)23-19(28)13-30-20-10-9-18(25-26-20)27-11-1-2-14(12-27)21(29)24-17-7-8-17/h3-6,9-10,14,17H,1-2,7-8,11-13H2,(H,23,28)(H,24,29)/t14-/m1/s1. The SMILES string of the molecule is O=C(CSc1ccc(N2CCC[C@@H](C(=O)NC3CC3)C2)nn1)Nc1ccc(Cl)cc1. The van der Waals surface area contributed by atoms with Gasteiger partial charge in [-0.15, -0.1) is 10.2 Å². The Morgan fingerprint density at radius 1 is 1.10 bits per heavy atom. The Morgan fingerprint density at radius 3 is 2.60 bits per heavy atom. The fourth-order valence-corrected chi connectivity index (χ4v) is 4.11. The summed E-state index contributed by atoms with van der Waals surface area (Å²) >= 11 is 7.18. The Bertz CT molecular complexity index is 889. The van der Waals surface area contributed by atoms with E-state index in [9.17, 15) is 9.59 Å². The molecule has 30 heavy (non-hydrogen) atoms. The molecule has 2 N–H and O–H groups in total. The molecule has 9 heteroatoms. The van der Waals surface area contributed by atoms with Crippen molar-refractivity contribution >= 4 is 46.7 Å². The highest BCUT2D eigenvalue weighted by Gasteiger charge is 2.30. The third kappa shape index (κ3) is 5.86. The van der Waals surface area contributed by atoms with Gasteiger partial charge in [-0.25, -0.2) is 0 Å². The van der Waals surface area contributed by atoms with Crippen LogP contribution in [0.25, 0.3) is 0 Å². The van der Waals surface area contributed by atoms with Gasteiger partial charge in [0, 0.05) is 29.8 Å². The molecule has 2 amide bonds. The van der Waals surface area contributed by atoms with Gasteiger partial charge in [-0.05, 0) is 62.1 Å². The van der Waals surface area contributed by atoms with E-state index in [0.717, 1.165) is 38.0 Å². The lowest BCUT2D eigenvalue weighted by Crippen LogP contribution is -2.44. The first-order valence-corrected chi connectivity index (χ1v) is 11.5. The van der Waals surface area contributed by atoms with Crippen LogP contribution in [0.1, 0.15) is 25.7 Å². The van der Waals surface area contributed by atoms with E-state index in [2.05, 4.69) is 25.7 Å². The number of anilines is 2. The van der Waals surface area contributed by atoms with Gasteiger partial charge < -0.3 is 15.5 Å². The summed E-state index contributed by atoms with van der Waals surface area (Å²) in [6.45, 7) is 1.54. The van der Waals surface area contributed by atoms with Crippen LogP contribution < -0.4 is 15.5 Å². The molecular formula is C21H24ClN5O2S. The zero-order valence-electron chi connectivity index (χ0n) is 16.5. The second-order valence-corrected chi connectivity index (χ2v) is 9.07. The zero-order chi connectivity index (χ0) is 20.9. The van der Waals surface area contributed by atoms with Crippen molar-refractivity contribution in [3.05, 3.63) is 41.4 Å². The smallest absolute Gasteiger partial charge is 0.234 e. The van der Waals surface area contributed by atoms with Crippen LogP contribution in [0.15, 0.2) is 41.4 Å². The summed E-state index contributed by atoms with van der Waals surface area (Å²) in [7, 11) is 0. The lowest BCUT2D eigenvalue weighted by Gasteiger charge is -2.32. The maximum absolute atomic E-state index is 12.4. The highest BCUT2D eigenvalue weighted by molar-refractivity contribution is 7.99. The Balaban J connectivity index is 1.26. The molecule has 1 aromatic heterocycles. The van der Waals surface area contributed by atoms with E-state index >= 15 is 0 Å². The van der Waals surface area contributed by atoms with Crippen LogP contribution in [0, 0.1) is 5.92 Å². The zero-order valence-corrected chi connectivity index (χ0v) is 18.1. The van der Waals surface area contributed by atoms with Crippen LogP contribution in [0.3, 0.4) is 0 Å². The lowest BCUT2D eigenvalue weighted by atomic mass is 9.97. The van der Waals surface area contributed by atoms with Crippen LogP contribution >= 0.6 is 23.4 Å². The highest BCUT2D eigenvalue weighted by atomic mass is 35.5. The van der Waals surface area contributed by atoms with Crippen LogP contribution in [-0.4, -0.2) is 46.9 Å². The molecule has 158 valence electrons. The molecule has 2 fully saturated rings. The molecule has 0 bridgehead atoms. The van der Waals surface area contributed by atoms with Gasteiger partial charge >= 0.3 is 0 Å². The van der Waals surface area contributed by atoms with Crippen LogP contribution in [-0.2, 0) is 9.59 Å². The summed E-state index contributed by atoms with van der Waals surface area (Å²) in [5.74, 6) is 1.06. The minimum atomic E-state index is -0.117. The predicted molar refractivity (Wildman–Crippen MR) is 119 cm³/mol. The van der Waals surface area contributed by atoms with Crippen molar-refractivity contribution < 1.29 is 9.59 Å². The van der Waals surface area contributed by atoms with Gasteiger partial charge in [0.2, 0.25) is 11.8 Å². The van der Waals surface area contributed by atoms with Gasteiger partial charge in [-0.1, -0.05) is 23.4 Å². The molecule has 1 saturated heterocycles. The van der Waals surface area contributed by atoms with Gasteiger partial charge in [-0.2, -0.15) is 0 Å². The number of hydrogen-bond acceptors (Lipinski definition) is 6. The molecular weight excluding hydrogens is 422 g/mol. The van der Waals surface area contributed by atoms with Crippen molar-refractivity contribution in [3.63, 3.8) is 0 Å². The van der Waals surface area contributed by atoms with Crippen molar-refractivity contribution in [2.24, 2.45) is 5.92 Å². The fourth-order valence-electron chi connectivity index (χ4n) is 3.37. The maximum Gasteiger partial charge on any atom is 0.234 e. The van der Waals surface area contributed by atoms with Gasteiger partial charge in [0.25, 0.3) is 0 Å². The molecule has 2 aromatic rings. The lowest BCUT2D eigenvalue weighted by molar-refractivity contribution is -0.125. The highest BCUT2D eigenvalue weighted by Crippen LogP contribution is 2.25. The number of piperidine rings is 1. The van der Waals surface area contributed by atoms with E-state index in [4.69, 9.17) is 11.6 Å². The average Bonchev–Trinajstić information content (AvgIpc) is 3.58. The molecule has 2 aliphatic rings. The molecule has 0 unspecified atom stereocenters. The molecule has 1 aliphatic heterocycles. The second kappa shape index (κ2) is 9.66. The number of rotatable bonds is 7. The minimum absolute atomic E-state index is 0.00626.